The second kappa shape index (κ2) is 7.07. The van der Waals surface area contributed by atoms with Crippen molar-refractivity contribution in [3.05, 3.63) is 77.4 Å². The number of ether oxygens (including phenoxy) is 2. The topological polar surface area (TPSA) is 35.5 Å². The first-order chi connectivity index (χ1) is 13.1. The Morgan fingerprint density at radius 2 is 1.93 bits per heavy atom. The standard InChI is InChI=1S/C24H24O3/c1-26-20-7-3-17(4-8-20)5-10-22(25)21-9-6-19(15-23(21)27-2)24-13-11-18(16-24)12-14-24/h3-11,13,15,18H,12,14,16H2,1-2H3. The molecule has 3 nitrogen and oxygen atoms in total. The SMILES string of the molecule is COc1ccc(C=CC(=O)c2ccc(C34C=CC(CC3)C4)cc2OC)cc1. The zero-order valence-corrected chi connectivity index (χ0v) is 15.8. The van der Waals surface area contributed by atoms with Crippen molar-refractivity contribution >= 4 is 11.9 Å². The van der Waals surface area contributed by atoms with Crippen molar-refractivity contribution in [2.45, 2.75) is 24.7 Å². The zero-order chi connectivity index (χ0) is 18.9. The number of fused-ring (bicyclic) bond motifs is 2. The number of hydrogen-bond donors (Lipinski definition) is 0. The maximum atomic E-state index is 12.7. The van der Waals surface area contributed by atoms with Gasteiger partial charge >= 0.3 is 0 Å². The molecule has 2 aromatic rings. The van der Waals surface area contributed by atoms with Crippen LogP contribution in [0.4, 0.5) is 0 Å². The molecule has 2 atom stereocenters. The van der Waals surface area contributed by atoms with Crippen molar-refractivity contribution in [1.29, 1.82) is 0 Å². The average Bonchev–Trinajstić information content (AvgIpc) is 3.34. The molecule has 3 heteroatoms. The molecule has 2 unspecified atom stereocenters. The molecule has 0 saturated heterocycles. The number of hydrogen-bond acceptors (Lipinski definition) is 3. The van der Waals surface area contributed by atoms with E-state index in [1.54, 1.807) is 20.3 Å². The van der Waals surface area contributed by atoms with Gasteiger partial charge in [0.25, 0.3) is 0 Å². The van der Waals surface area contributed by atoms with Crippen LogP contribution in [-0.2, 0) is 5.41 Å². The van der Waals surface area contributed by atoms with Gasteiger partial charge in [0.1, 0.15) is 11.5 Å². The van der Waals surface area contributed by atoms with Gasteiger partial charge in [0.05, 0.1) is 19.8 Å². The van der Waals surface area contributed by atoms with Gasteiger partial charge in [0, 0.05) is 5.41 Å². The minimum Gasteiger partial charge on any atom is -0.497 e. The lowest BCUT2D eigenvalue weighted by Crippen LogP contribution is -2.17. The van der Waals surface area contributed by atoms with Crippen LogP contribution in [0.5, 0.6) is 11.5 Å². The summed E-state index contributed by atoms with van der Waals surface area (Å²) in [6, 6.07) is 13.6. The molecule has 2 bridgehead atoms. The molecule has 0 aliphatic heterocycles. The van der Waals surface area contributed by atoms with E-state index in [1.807, 2.05) is 42.5 Å². The maximum absolute atomic E-state index is 12.7. The van der Waals surface area contributed by atoms with Crippen molar-refractivity contribution in [3.63, 3.8) is 0 Å². The van der Waals surface area contributed by atoms with E-state index in [0.717, 1.165) is 11.3 Å². The van der Waals surface area contributed by atoms with E-state index in [0.29, 0.717) is 17.2 Å². The number of carbonyl (C=O) groups excluding carboxylic acids is 1. The molecular formula is C24H24O3. The average molecular weight is 360 g/mol. The van der Waals surface area contributed by atoms with Gasteiger partial charge in [-0.3, -0.25) is 4.79 Å². The number of benzene rings is 2. The predicted octanol–water partition coefficient (Wildman–Crippen LogP) is 5.21. The van der Waals surface area contributed by atoms with Crippen molar-refractivity contribution in [3.8, 4) is 11.5 Å². The summed E-state index contributed by atoms with van der Waals surface area (Å²) < 4.78 is 10.7. The minimum absolute atomic E-state index is 0.0574. The molecule has 27 heavy (non-hydrogen) atoms. The highest BCUT2D eigenvalue weighted by molar-refractivity contribution is 6.08. The number of carbonyl (C=O) groups is 1. The Labute approximate surface area is 160 Å². The van der Waals surface area contributed by atoms with Crippen molar-refractivity contribution in [2.24, 2.45) is 5.92 Å². The van der Waals surface area contributed by atoms with Crippen molar-refractivity contribution < 1.29 is 14.3 Å². The normalized spacial score (nSPS) is 23.1. The quantitative estimate of drug-likeness (QED) is 0.403. The summed E-state index contributed by atoms with van der Waals surface area (Å²) in [5.41, 5.74) is 2.94. The number of ketones is 1. The van der Waals surface area contributed by atoms with Gasteiger partial charge in [0.15, 0.2) is 5.78 Å². The van der Waals surface area contributed by atoms with Crippen LogP contribution in [-0.4, -0.2) is 20.0 Å². The molecular weight excluding hydrogens is 336 g/mol. The van der Waals surface area contributed by atoms with Gasteiger partial charge in [0.2, 0.25) is 0 Å². The first-order valence-corrected chi connectivity index (χ1v) is 9.38. The molecule has 2 aromatic carbocycles. The molecule has 0 aromatic heterocycles. The van der Waals surface area contributed by atoms with Crippen LogP contribution in [0.2, 0.25) is 0 Å². The van der Waals surface area contributed by atoms with E-state index in [1.165, 1.54) is 24.8 Å². The highest BCUT2D eigenvalue weighted by atomic mass is 16.5. The molecule has 2 aliphatic rings. The van der Waals surface area contributed by atoms with Gasteiger partial charge in [-0.15, -0.1) is 0 Å². The fourth-order valence-electron chi connectivity index (χ4n) is 4.29. The summed E-state index contributed by atoms with van der Waals surface area (Å²) >= 11 is 0. The molecule has 0 radical (unpaired) electrons. The van der Waals surface area contributed by atoms with Crippen LogP contribution in [0.15, 0.2) is 60.7 Å². The van der Waals surface area contributed by atoms with Crippen molar-refractivity contribution in [2.75, 3.05) is 14.2 Å². The molecule has 2 aliphatic carbocycles. The monoisotopic (exact) mass is 360 g/mol. The Morgan fingerprint density at radius 1 is 1.11 bits per heavy atom. The van der Waals surface area contributed by atoms with E-state index >= 15 is 0 Å². The van der Waals surface area contributed by atoms with Gasteiger partial charge < -0.3 is 9.47 Å². The lowest BCUT2D eigenvalue weighted by molar-refractivity contribution is 0.104. The van der Waals surface area contributed by atoms with Crippen molar-refractivity contribution in [1.82, 2.24) is 0 Å². The number of rotatable bonds is 6. The Balaban J connectivity index is 1.56. The molecule has 138 valence electrons. The summed E-state index contributed by atoms with van der Waals surface area (Å²) in [4.78, 5) is 12.7. The second-order valence-corrected chi connectivity index (χ2v) is 7.40. The van der Waals surface area contributed by atoms with Gasteiger partial charge in [-0.1, -0.05) is 36.4 Å². The van der Waals surface area contributed by atoms with E-state index < -0.39 is 0 Å². The number of allylic oxidation sites excluding steroid dienone is 3. The lowest BCUT2D eigenvalue weighted by atomic mass is 9.79. The first kappa shape index (κ1) is 17.6. The fraction of sp³-hybridized carbons (Fsp3) is 0.292. The lowest BCUT2D eigenvalue weighted by Gasteiger charge is -2.25. The summed E-state index contributed by atoms with van der Waals surface area (Å²) in [7, 11) is 3.26. The Bertz CT molecular complexity index is 908. The van der Waals surface area contributed by atoms with E-state index in [2.05, 4.69) is 18.2 Å². The smallest absolute Gasteiger partial charge is 0.189 e. The number of methoxy groups -OCH3 is 2. The summed E-state index contributed by atoms with van der Waals surface area (Å²) in [6.45, 7) is 0. The van der Waals surface area contributed by atoms with Crippen LogP contribution in [0.3, 0.4) is 0 Å². The molecule has 0 heterocycles. The molecule has 0 spiro atoms. The van der Waals surface area contributed by atoms with E-state index in [-0.39, 0.29) is 11.2 Å². The Morgan fingerprint density at radius 3 is 2.52 bits per heavy atom. The third-order valence-electron chi connectivity index (χ3n) is 5.86. The zero-order valence-electron chi connectivity index (χ0n) is 15.8. The molecule has 0 amide bonds. The van der Waals surface area contributed by atoms with Crippen LogP contribution in [0.25, 0.3) is 6.08 Å². The van der Waals surface area contributed by atoms with Crippen LogP contribution < -0.4 is 9.47 Å². The van der Waals surface area contributed by atoms with Gasteiger partial charge in [-0.2, -0.15) is 0 Å². The van der Waals surface area contributed by atoms with Crippen LogP contribution >= 0.6 is 0 Å². The highest BCUT2D eigenvalue weighted by Crippen LogP contribution is 2.51. The first-order valence-electron chi connectivity index (χ1n) is 9.38. The van der Waals surface area contributed by atoms with Gasteiger partial charge in [-0.05, 0) is 66.6 Å². The maximum Gasteiger partial charge on any atom is 0.189 e. The van der Waals surface area contributed by atoms with Crippen LogP contribution in [0.1, 0.15) is 40.7 Å². The van der Waals surface area contributed by atoms with E-state index in [4.69, 9.17) is 9.47 Å². The van der Waals surface area contributed by atoms with Gasteiger partial charge in [-0.25, -0.2) is 0 Å². The van der Waals surface area contributed by atoms with E-state index in [9.17, 15) is 4.79 Å². The predicted molar refractivity (Wildman–Crippen MR) is 108 cm³/mol. The third kappa shape index (κ3) is 3.30. The minimum atomic E-state index is -0.0574. The second-order valence-electron chi connectivity index (χ2n) is 7.40. The summed E-state index contributed by atoms with van der Waals surface area (Å²) in [5, 5.41) is 0. The third-order valence-corrected chi connectivity index (χ3v) is 5.86. The molecule has 1 fully saturated rings. The molecule has 1 saturated carbocycles. The summed E-state index contributed by atoms with van der Waals surface area (Å²) in [5.74, 6) is 2.10. The molecule has 0 N–H and O–H groups in total. The highest BCUT2D eigenvalue weighted by Gasteiger charge is 2.42. The Kier molecular flexibility index (Phi) is 4.61. The van der Waals surface area contributed by atoms with Crippen LogP contribution in [0, 0.1) is 5.92 Å². The molecule has 4 rings (SSSR count). The largest absolute Gasteiger partial charge is 0.497 e. The summed E-state index contributed by atoms with van der Waals surface area (Å²) in [6.07, 6.45) is 11.7. The Hall–Kier alpha value is -2.81. The fourth-order valence-corrected chi connectivity index (χ4v) is 4.29.